The van der Waals surface area contributed by atoms with Gasteiger partial charge in [-0.2, -0.15) is 0 Å². The molecule has 130 valence electrons. The van der Waals surface area contributed by atoms with Crippen LogP contribution in [0.4, 0.5) is 0 Å². The van der Waals surface area contributed by atoms with E-state index in [0.29, 0.717) is 0 Å². The van der Waals surface area contributed by atoms with Crippen molar-refractivity contribution in [2.45, 2.75) is 26.0 Å². The van der Waals surface area contributed by atoms with Gasteiger partial charge < -0.3 is 9.30 Å². The summed E-state index contributed by atoms with van der Waals surface area (Å²) < 4.78 is 8.55. The Morgan fingerprint density at radius 3 is 2.23 bits per heavy atom. The number of ether oxygens (including phenoxy) is 1. The first-order chi connectivity index (χ1) is 12.8. The second-order valence-corrected chi connectivity index (χ2v) is 6.36. The normalized spacial score (nSPS) is 12.2. The molecule has 0 fully saturated rings. The van der Waals surface area contributed by atoms with Crippen LogP contribution in [0.5, 0.6) is 5.75 Å². The van der Waals surface area contributed by atoms with Crippen molar-refractivity contribution in [3.63, 3.8) is 0 Å². The summed E-state index contributed by atoms with van der Waals surface area (Å²) in [6.07, 6.45) is 0.765. The van der Waals surface area contributed by atoms with Crippen molar-refractivity contribution in [1.29, 1.82) is 0 Å². The lowest BCUT2D eigenvalue weighted by molar-refractivity contribution is 0.187. The summed E-state index contributed by atoms with van der Waals surface area (Å²) in [5, 5.41) is 0. The number of benzene rings is 3. The molecule has 4 aromatic rings. The second-order valence-electron chi connectivity index (χ2n) is 6.36. The molecule has 26 heavy (non-hydrogen) atoms. The van der Waals surface area contributed by atoms with Gasteiger partial charge in [-0.1, -0.05) is 67.6 Å². The molecular formula is C23H22N2O. The molecule has 1 atom stereocenters. The van der Waals surface area contributed by atoms with E-state index in [1.54, 1.807) is 0 Å². The lowest BCUT2D eigenvalue weighted by atomic mass is 10.2. The van der Waals surface area contributed by atoms with Crippen LogP contribution in [0.15, 0.2) is 84.9 Å². The van der Waals surface area contributed by atoms with Crippen LogP contribution in [0.1, 0.15) is 30.8 Å². The molecule has 0 N–H and O–H groups in total. The van der Waals surface area contributed by atoms with Gasteiger partial charge in [0.15, 0.2) is 11.9 Å². The SMILES string of the molecule is CCC(Oc1ccccc1)c1nc2ccccc2n1Cc1ccccc1. The zero-order valence-electron chi connectivity index (χ0n) is 14.9. The molecular weight excluding hydrogens is 320 g/mol. The third-order valence-electron chi connectivity index (χ3n) is 4.55. The average molecular weight is 342 g/mol. The van der Waals surface area contributed by atoms with E-state index >= 15 is 0 Å². The summed E-state index contributed by atoms with van der Waals surface area (Å²) >= 11 is 0. The molecule has 3 heteroatoms. The van der Waals surface area contributed by atoms with Crippen LogP contribution in [0, 0.1) is 0 Å². The quantitative estimate of drug-likeness (QED) is 0.455. The van der Waals surface area contributed by atoms with Gasteiger partial charge in [0.2, 0.25) is 0 Å². The zero-order valence-corrected chi connectivity index (χ0v) is 14.9. The summed E-state index contributed by atoms with van der Waals surface area (Å²) in [5.41, 5.74) is 3.40. The smallest absolute Gasteiger partial charge is 0.156 e. The second kappa shape index (κ2) is 7.44. The maximum absolute atomic E-state index is 6.27. The number of nitrogens with zero attached hydrogens (tertiary/aromatic N) is 2. The van der Waals surface area contributed by atoms with Crippen molar-refractivity contribution in [3.05, 3.63) is 96.3 Å². The molecule has 0 radical (unpaired) electrons. The van der Waals surface area contributed by atoms with E-state index in [2.05, 4.69) is 54.0 Å². The Morgan fingerprint density at radius 1 is 0.846 bits per heavy atom. The number of hydrogen-bond donors (Lipinski definition) is 0. The third-order valence-corrected chi connectivity index (χ3v) is 4.55. The van der Waals surface area contributed by atoms with Crippen molar-refractivity contribution in [1.82, 2.24) is 9.55 Å². The topological polar surface area (TPSA) is 27.1 Å². The molecule has 1 heterocycles. The summed E-state index contributed by atoms with van der Waals surface area (Å²) in [7, 11) is 0. The molecule has 0 spiro atoms. The molecule has 3 nitrogen and oxygen atoms in total. The lowest BCUT2D eigenvalue weighted by Crippen LogP contribution is -2.14. The van der Waals surface area contributed by atoms with Gasteiger partial charge in [-0.25, -0.2) is 4.98 Å². The van der Waals surface area contributed by atoms with Crippen molar-refractivity contribution >= 4 is 11.0 Å². The fourth-order valence-electron chi connectivity index (χ4n) is 3.25. The summed E-state index contributed by atoms with van der Waals surface area (Å²) in [4.78, 5) is 4.91. The van der Waals surface area contributed by atoms with Crippen molar-refractivity contribution in [2.24, 2.45) is 0 Å². The Hall–Kier alpha value is -3.07. The first kappa shape index (κ1) is 16.4. The number of rotatable bonds is 6. The minimum Gasteiger partial charge on any atom is -0.483 e. The fraction of sp³-hybridized carbons (Fsp3) is 0.174. The van der Waals surface area contributed by atoms with E-state index in [0.717, 1.165) is 35.6 Å². The number of para-hydroxylation sites is 3. The highest BCUT2D eigenvalue weighted by Crippen LogP contribution is 2.28. The number of hydrogen-bond acceptors (Lipinski definition) is 2. The van der Waals surface area contributed by atoms with E-state index in [1.807, 2.05) is 42.5 Å². The van der Waals surface area contributed by atoms with Crippen LogP contribution in [0.2, 0.25) is 0 Å². The van der Waals surface area contributed by atoms with Crippen molar-refractivity contribution in [2.75, 3.05) is 0 Å². The molecule has 4 rings (SSSR count). The van der Waals surface area contributed by atoms with Crippen molar-refractivity contribution < 1.29 is 4.74 Å². The highest BCUT2D eigenvalue weighted by molar-refractivity contribution is 5.76. The van der Waals surface area contributed by atoms with Crippen molar-refractivity contribution in [3.8, 4) is 5.75 Å². The van der Waals surface area contributed by atoms with Gasteiger partial charge in [-0.05, 0) is 36.2 Å². The highest BCUT2D eigenvalue weighted by atomic mass is 16.5. The molecule has 1 aromatic heterocycles. The number of fused-ring (bicyclic) bond motifs is 1. The van der Waals surface area contributed by atoms with E-state index in [9.17, 15) is 0 Å². The first-order valence-corrected chi connectivity index (χ1v) is 9.06. The van der Waals surface area contributed by atoms with Gasteiger partial charge in [0.05, 0.1) is 11.0 Å². The van der Waals surface area contributed by atoms with E-state index in [-0.39, 0.29) is 6.10 Å². The van der Waals surface area contributed by atoms with Gasteiger partial charge in [-0.3, -0.25) is 0 Å². The van der Waals surface area contributed by atoms with Crippen LogP contribution >= 0.6 is 0 Å². The van der Waals surface area contributed by atoms with E-state index < -0.39 is 0 Å². The zero-order chi connectivity index (χ0) is 17.8. The maximum atomic E-state index is 6.27. The molecule has 0 saturated carbocycles. The predicted octanol–water partition coefficient (Wildman–Crippen LogP) is 5.61. The molecule has 0 bridgehead atoms. The van der Waals surface area contributed by atoms with Crippen LogP contribution in [0.25, 0.3) is 11.0 Å². The molecule has 0 aliphatic rings. The largest absolute Gasteiger partial charge is 0.483 e. The molecule has 1 unspecified atom stereocenters. The average Bonchev–Trinajstić information content (AvgIpc) is 3.06. The highest BCUT2D eigenvalue weighted by Gasteiger charge is 2.20. The lowest BCUT2D eigenvalue weighted by Gasteiger charge is -2.19. The Kier molecular flexibility index (Phi) is 4.69. The fourth-order valence-corrected chi connectivity index (χ4v) is 3.25. The predicted molar refractivity (Wildman–Crippen MR) is 105 cm³/mol. The van der Waals surface area contributed by atoms with Gasteiger partial charge >= 0.3 is 0 Å². The summed E-state index contributed by atoms with van der Waals surface area (Å²) in [6.45, 7) is 2.92. The number of imidazole rings is 1. The molecule has 0 aliphatic carbocycles. The molecule has 0 aliphatic heterocycles. The van der Waals surface area contributed by atoms with E-state index in [4.69, 9.17) is 9.72 Å². The first-order valence-electron chi connectivity index (χ1n) is 9.06. The molecule has 0 saturated heterocycles. The Bertz CT molecular complexity index is 977. The van der Waals surface area contributed by atoms with Crippen LogP contribution in [-0.2, 0) is 6.54 Å². The maximum Gasteiger partial charge on any atom is 0.156 e. The molecule has 0 amide bonds. The summed E-state index contributed by atoms with van der Waals surface area (Å²) in [5.74, 6) is 1.85. The Balaban J connectivity index is 1.76. The third kappa shape index (κ3) is 3.33. The van der Waals surface area contributed by atoms with Crippen LogP contribution < -0.4 is 4.74 Å². The summed E-state index contributed by atoms with van der Waals surface area (Å²) in [6, 6.07) is 28.8. The minimum atomic E-state index is -0.0893. The number of aromatic nitrogens is 2. The van der Waals surface area contributed by atoms with Crippen LogP contribution in [-0.4, -0.2) is 9.55 Å². The van der Waals surface area contributed by atoms with E-state index in [1.165, 1.54) is 5.56 Å². The standard InChI is InChI=1S/C23H22N2O/c1-2-22(26-19-13-7-4-8-14-19)23-24-20-15-9-10-16-21(20)25(23)17-18-11-5-3-6-12-18/h3-16,22H,2,17H2,1H3. The van der Waals surface area contributed by atoms with Gasteiger partial charge in [0.1, 0.15) is 5.75 Å². The monoisotopic (exact) mass is 342 g/mol. The Labute approximate surface area is 153 Å². The van der Waals surface area contributed by atoms with Gasteiger partial charge in [-0.15, -0.1) is 0 Å². The van der Waals surface area contributed by atoms with Gasteiger partial charge in [0, 0.05) is 6.54 Å². The minimum absolute atomic E-state index is 0.0893. The Morgan fingerprint density at radius 2 is 1.50 bits per heavy atom. The van der Waals surface area contributed by atoms with Crippen LogP contribution in [0.3, 0.4) is 0 Å². The van der Waals surface area contributed by atoms with Gasteiger partial charge in [0.25, 0.3) is 0 Å². The molecule has 3 aromatic carbocycles.